The van der Waals surface area contributed by atoms with Crippen LogP contribution in [0.15, 0.2) is 47.5 Å². The average molecular weight is 459 g/mol. The van der Waals surface area contributed by atoms with Crippen molar-refractivity contribution in [3.63, 3.8) is 0 Å². The fraction of sp³-hybridized carbons (Fsp3) is 0.296. The summed E-state index contributed by atoms with van der Waals surface area (Å²) in [5.41, 5.74) is 6.90. The Morgan fingerprint density at radius 1 is 1.12 bits per heavy atom. The molecule has 4 aromatic rings. The lowest BCUT2D eigenvalue weighted by molar-refractivity contribution is 0.0952. The van der Waals surface area contributed by atoms with Gasteiger partial charge in [0, 0.05) is 58.8 Å². The Morgan fingerprint density at radius 3 is 2.56 bits per heavy atom. The van der Waals surface area contributed by atoms with Crippen molar-refractivity contribution < 1.29 is 9.90 Å². The number of fused-ring (bicyclic) bond motifs is 1. The van der Waals surface area contributed by atoms with Gasteiger partial charge in [-0.3, -0.25) is 14.6 Å². The Morgan fingerprint density at radius 2 is 1.91 bits per heavy atom. The molecule has 0 aliphatic rings. The topological polar surface area (TPSA) is 100 Å². The first kappa shape index (κ1) is 23.4. The number of aromatic amines is 1. The summed E-state index contributed by atoms with van der Waals surface area (Å²) < 4.78 is 2.18. The van der Waals surface area contributed by atoms with Gasteiger partial charge in [0.15, 0.2) is 0 Å². The van der Waals surface area contributed by atoms with Crippen LogP contribution in [0.2, 0.25) is 0 Å². The second-order valence-corrected chi connectivity index (χ2v) is 8.75. The molecule has 0 unspecified atom stereocenters. The van der Waals surface area contributed by atoms with Gasteiger partial charge in [0.1, 0.15) is 0 Å². The molecule has 0 atom stereocenters. The molecule has 0 aliphatic heterocycles. The number of aryl methyl sites for hydroxylation is 4. The molecule has 0 saturated heterocycles. The maximum Gasteiger partial charge on any atom is 0.253 e. The zero-order valence-corrected chi connectivity index (χ0v) is 20.0. The molecule has 0 spiro atoms. The largest absolute Gasteiger partial charge is 0.390 e. The predicted molar refractivity (Wildman–Crippen MR) is 134 cm³/mol. The Labute approximate surface area is 198 Å². The Hall–Kier alpha value is -3.71. The number of benzene rings is 1. The van der Waals surface area contributed by atoms with Crippen LogP contribution in [0.3, 0.4) is 0 Å². The summed E-state index contributed by atoms with van der Waals surface area (Å²) in [4.78, 5) is 33.0. The van der Waals surface area contributed by atoms with Crippen molar-refractivity contribution in [3.05, 3.63) is 86.7 Å². The highest BCUT2D eigenvalue weighted by atomic mass is 16.3. The molecule has 4 rings (SSSR count). The first-order valence-electron chi connectivity index (χ1n) is 11.5. The molecule has 3 N–H and O–H groups in total. The molecule has 176 valence electrons. The van der Waals surface area contributed by atoms with Gasteiger partial charge in [0.25, 0.3) is 11.5 Å². The van der Waals surface area contributed by atoms with Crippen LogP contribution in [0, 0.1) is 20.8 Å². The van der Waals surface area contributed by atoms with Crippen molar-refractivity contribution in [2.45, 2.75) is 53.8 Å². The van der Waals surface area contributed by atoms with Gasteiger partial charge in [-0.15, -0.1) is 0 Å². The number of carbonyl (C=O) groups is 1. The zero-order chi connectivity index (χ0) is 24.4. The monoisotopic (exact) mass is 458 g/mol. The van der Waals surface area contributed by atoms with Crippen LogP contribution in [-0.4, -0.2) is 25.5 Å². The van der Waals surface area contributed by atoms with E-state index in [0.717, 1.165) is 51.8 Å². The summed E-state index contributed by atoms with van der Waals surface area (Å²) in [6, 6.07) is 9.54. The highest BCUT2D eigenvalue weighted by Gasteiger charge is 2.18. The van der Waals surface area contributed by atoms with Crippen LogP contribution in [-0.2, 0) is 19.7 Å². The third kappa shape index (κ3) is 4.52. The molecule has 34 heavy (non-hydrogen) atoms. The van der Waals surface area contributed by atoms with Crippen LogP contribution in [0.25, 0.3) is 22.0 Å². The highest BCUT2D eigenvalue weighted by Crippen LogP contribution is 2.31. The van der Waals surface area contributed by atoms with E-state index in [2.05, 4.69) is 39.0 Å². The quantitative estimate of drug-likeness (QED) is 0.387. The molecule has 0 saturated carbocycles. The number of hydrogen-bond acceptors (Lipinski definition) is 4. The number of carbonyl (C=O) groups excluding carboxylic acids is 1. The highest BCUT2D eigenvalue weighted by molar-refractivity contribution is 6.09. The third-order valence-electron chi connectivity index (χ3n) is 6.12. The van der Waals surface area contributed by atoms with E-state index in [1.807, 2.05) is 39.0 Å². The smallest absolute Gasteiger partial charge is 0.253 e. The minimum atomic E-state index is -0.233. The summed E-state index contributed by atoms with van der Waals surface area (Å²) in [7, 11) is 0. The minimum absolute atomic E-state index is 0.122. The Balaban J connectivity index is 1.78. The summed E-state index contributed by atoms with van der Waals surface area (Å²) in [5.74, 6) is -0.233. The molecule has 0 bridgehead atoms. The first-order valence-corrected chi connectivity index (χ1v) is 11.5. The first-order chi connectivity index (χ1) is 16.3. The molecule has 0 aliphatic carbocycles. The summed E-state index contributed by atoms with van der Waals surface area (Å²) in [5, 5.41) is 13.2. The molecule has 1 amide bonds. The van der Waals surface area contributed by atoms with Crippen LogP contribution >= 0.6 is 0 Å². The number of amides is 1. The molecule has 0 fully saturated rings. The standard InChI is InChI=1S/C27H30N4O3/c1-5-8-31-14-17(3)25-22(26(33)29-13-23-16(2)9-18(4)30-27(23)34)10-20(11-24(25)31)19-6-7-21(15-32)28-12-19/h6-7,9-12,14,32H,5,8,13,15H2,1-4H3,(H,29,33)(H,30,34). The van der Waals surface area contributed by atoms with Gasteiger partial charge in [-0.05, 0) is 68.1 Å². The summed E-state index contributed by atoms with van der Waals surface area (Å²) in [6.45, 7) is 8.71. The second-order valence-electron chi connectivity index (χ2n) is 8.75. The molecular formula is C27H30N4O3. The lowest BCUT2D eigenvalue weighted by Gasteiger charge is -2.12. The van der Waals surface area contributed by atoms with Crippen molar-refractivity contribution in [1.82, 2.24) is 19.9 Å². The van der Waals surface area contributed by atoms with Gasteiger partial charge in [-0.2, -0.15) is 0 Å². The van der Waals surface area contributed by atoms with Gasteiger partial charge in [-0.1, -0.05) is 13.0 Å². The van der Waals surface area contributed by atoms with Gasteiger partial charge in [-0.25, -0.2) is 0 Å². The third-order valence-corrected chi connectivity index (χ3v) is 6.12. The molecule has 7 heteroatoms. The van der Waals surface area contributed by atoms with Gasteiger partial charge < -0.3 is 20.0 Å². The number of nitrogens with one attached hydrogen (secondary N) is 2. The SMILES string of the molecule is CCCn1cc(C)c2c(C(=O)NCc3c(C)cc(C)[nH]c3=O)cc(-c3ccc(CO)nc3)cc21. The number of aliphatic hydroxyl groups is 1. The minimum Gasteiger partial charge on any atom is -0.390 e. The predicted octanol–water partition coefficient (Wildman–Crippen LogP) is 4.15. The van der Waals surface area contributed by atoms with Crippen molar-refractivity contribution in [2.24, 2.45) is 0 Å². The molecule has 7 nitrogen and oxygen atoms in total. The lowest BCUT2D eigenvalue weighted by Crippen LogP contribution is -2.28. The molecule has 3 aromatic heterocycles. The van der Waals surface area contributed by atoms with Crippen molar-refractivity contribution >= 4 is 16.8 Å². The van der Waals surface area contributed by atoms with E-state index in [0.29, 0.717) is 16.8 Å². The fourth-order valence-corrected chi connectivity index (χ4v) is 4.46. The number of aromatic nitrogens is 3. The van der Waals surface area contributed by atoms with Gasteiger partial charge in [0.05, 0.1) is 12.3 Å². The maximum absolute atomic E-state index is 13.4. The van der Waals surface area contributed by atoms with E-state index in [9.17, 15) is 14.7 Å². The van der Waals surface area contributed by atoms with Crippen LogP contribution in [0.5, 0.6) is 0 Å². The molecule has 0 radical (unpaired) electrons. The molecule has 3 heterocycles. The van der Waals surface area contributed by atoms with Crippen LogP contribution in [0.4, 0.5) is 0 Å². The number of nitrogens with zero attached hydrogens (tertiary/aromatic N) is 2. The van der Waals surface area contributed by atoms with Crippen molar-refractivity contribution in [3.8, 4) is 11.1 Å². The summed E-state index contributed by atoms with van der Waals surface area (Å²) in [6.07, 6.45) is 4.76. The average Bonchev–Trinajstić information content (AvgIpc) is 3.13. The number of rotatable bonds is 7. The van der Waals surface area contributed by atoms with Gasteiger partial charge >= 0.3 is 0 Å². The van der Waals surface area contributed by atoms with Crippen molar-refractivity contribution in [1.29, 1.82) is 0 Å². The number of hydrogen-bond donors (Lipinski definition) is 3. The number of H-pyrrole nitrogens is 1. The van der Waals surface area contributed by atoms with Crippen LogP contribution < -0.4 is 10.9 Å². The normalized spacial score (nSPS) is 11.2. The van der Waals surface area contributed by atoms with E-state index in [4.69, 9.17) is 0 Å². The Bertz CT molecular complexity index is 1410. The van der Waals surface area contributed by atoms with Gasteiger partial charge in [0.2, 0.25) is 0 Å². The van der Waals surface area contributed by atoms with E-state index < -0.39 is 0 Å². The van der Waals surface area contributed by atoms with E-state index in [-0.39, 0.29) is 24.6 Å². The molecule has 1 aromatic carbocycles. The number of pyridine rings is 2. The Kier molecular flexibility index (Phi) is 6.65. The number of aliphatic hydroxyl groups excluding tert-OH is 1. The van der Waals surface area contributed by atoms with E-state index in [1.165, 1.54) is 0 Å². The second kappa shape index (κ2) is 9.65. The van der Waals surface area contributed by atoms with Crippen molar-refractivity contribution in [2.75, 3.05) is 0 Å². The van der Waals surface area contributed by atoms with E-state index in [1.54, 1.807) is 12.3 Å². The van der Waals surface area contributed by atoms with Crippen LogP contribution in [0.1, 0.15) is 51.8 Å². The zero-order valence-electron chi connectivity index (χ0n) is 20.0. The molecular weight excluding hydrogens is 428 g/mol. The lowest BCUT2D eigenvalue weighted by atomic mass is 9.98. The fourth-order valence-electron chi connectivity index (χ4n) is 4.46. The maximum atomic E-state index is 13.4. The van der Waals surface area contributed by atoms with E-state index >= 15 is 0 Å². The summed E-state index contributed by atoms with van der Waals surface area (Å²) >= 11 is 0.